The molecule has 1 saturated carbocycles. The molecule has 25 nitrogen and oxygen atoms in total. The third-order valence-electron chi connectivity index (χ3n) is 32.7. The minimum atomic E-state index is -1.46. The molecule has 0 spiro atoms. The third-order valence-corrected chi connectivity index (χ3v) is 32.7. The van der Waals surface area contributed by atoms with Crippen LogP contribution in [-0.4, -0.2) is 61.9 Å². The molecular formula is C125H162N8O17. The fraction of sp³-hybridized carbons (Fsp3) is 0.544. The maximum Gasteiger partial charge on any atom is 0.310 e. The van der Waals surface area contributed by atoms with Gasteiger partial charge in [-0.3, -0.25) is 38.4 Å². The molecular weight excluding hydrogens is 1890 g/mol. The number of aromatic nitrogens is 2. The molecule has 7 unspecified atom stereocenters. The van der Waals surface area contributed by atoms with Gasteiger partial charge in [-0.05, 0) is 76.6 Å². The lowest BCUT2D eigenvalue weighted by molar-refractivity contribution is -0.152. The SMILES string of the molecule is CCCCCCCCCCCC1c2cc3c4cc2Oc2cc(NC(=O)CC)c(NC(=O)CC)cc2Oc2cc5c(cc21)C(CCCCCCCCCCC)c1cc2c(cc1Oc1cc(NC(=O)CC)c(NC(=O)CC)cc1O5)Oc1cc5c(cc1Oc1cc(c(cc1C2CCCCCCCCCCC)C3CCCCCCCCCCC)Oc1cc(NC(=O)CC)c(NC(=O)CC)cc1O4)nc1n5C2(C)CC(C)(C(=O)O)C(C)(C2)C1=O. The van der Waals surface area contributed by atoms with Crippen molar-refractivity contribution in [2.75, 3.05) is 31.9 Å². The van der Waals surface area contributed by atoms with Crippen molar-refractivity contribution < 1.29 is 81.4 Å². The van der Waals surface area contributed by atoms with Crippen LogP contribution in [0.5, 0.6) is 92.0 Å². The number of hydrogen-bond acceptors (Lipinski definition) is 17. The number of imidazole rings is 1. The molecule has 2 aliphatic carbocycles. The van der Waals surface area contributed by atoms with Gasteiger partial charge in [-0.2, -0.15) is 0 Å². The molecule has 16 rings (SSSR count). The number of Topliss-reactive ketones (excluding diaryl/α,β-unsaturated/α-hetero) is 1. The molecule has 0 radical (unpaired) electrons. The van der Waals surface area contributed by atoms with Crippen molar-refractivity contribution in [3.8, 4) is 92.0 Å². The van der Waals surface area contributed by atoms with E-state index in [2.05, 4.69) is 83.9 Å². The van der Waals surface area contributed by atoms with Crippen LogP contribution in [0.4, 0.5) is 34.1 Å². The number of anilines is 6. The Kier molecular flexibility index (Phi) is 37.3. The number of amides is 6. The summed E-state index contributed by atoms with van der Waals surface area (Å²) in [5.74, 6) is -0.925. The average Bonchev–Trinajstić information content (AvgIpc) is 1.51. The van der Waals surface area contributed by atoms with Gasteiger partial charge in [0.15, 0.2) is 51.8 Å². The van der Waals surface area contributed by atoms with E-state index in [0.717, 1.165) is 224 Å². The summed E-state index contributed by atoms with van der Waals surface area (Å²) in [6.07, 6.45) is 41.3. The highest BCUT2D eigenvalue weighted by Crippen LogP contribution is 2.67. The summed E-state index contributed by atoms with van der Waals surface area (Å²) in [6, 6.07) is 31.3. The maximum atomic E-state index is 15.7. The Bertz CT molecular complexity index is 6320. The fourth-order valence-corrected chi connectivity index (χ4v) is 23.9. The van der Waals surface area contributed by atoms with Crippen molar-refractivity contribution in [3.05, 3.63) is 147 Å². The molecule has 150 heavy (non-hydrogen) atoms. The summed E-state index contributed by atoms with van der Waals surface area (Å²) < 4.78 is 65.4. The van der Waals surface area contributed by atoms with Gasteiger partial charge in [0.1, 0.15) is 46.0 Å². The van der Waals surface area contributed by atoms with Crippen LogP contribution in [0, 0.1) is 10.8 Å². The van der Waals surface area contributed by atoms with Gasteiger partial charge in [0.2, 0.25) is 41.2 Å². The van der Waals surface area contributed by atoms with Crippen molar-refractivity contribution in [2.45, 2.75) is 427 Å². The summed E-state index contributed by atoms with van der Waals surface area (Å²) >= 11 is 0. The van der Waals surface area contributed by atoms with Crippen LogP contribution in [0.25, 0.3) is 11.0 Å². The predicted octanol–water partition coefficient (Wildman–Crippen LogP) is 35.0. The van der Waals surface area contributed by atoms with Crippen LogP contribution in [0.1, 0.15) is 477 Å². The molecule has 25 heteroatoms. The predicted molar refractivity (Wildman–Crippen MR) is 595 cm³/mol. The number of hydrogen-bond donors (Lipinski definition) is 7. The molecule has 6 amide bonds. The number of unbranched alkanes of at least 4 members (excludes halogenated alkanes) is 32. The number of carboxylic acids is 1. The number of benzene rings is 8. The van der Waals surface area contributed by atoms with E-state index in [1.165, 1.54) is 51.4 Å². The van der Waals surface area contributed by atoms with Crippen molar-refractivity contribution in [3.63, 3.8) is 0 Å². The van der Waals surface area contributed by atoms with Crippen LogP contribution < -0.4 is 69.8 Å². The quantitative estimate of drug-likeness (QED) is 0.0174. The number of fused-ring (bicyclic) bond motifs is 10. The zero-order chi connectivity index (χ0) is 106. The van der Waals surface area contributed by atoms with E-state index in [-0.39, 0.29) is 179 Å². The molecule has 1 aromatic heterocycles. The van der Waals surface area contributed by atoms with E-state index in [0.29, 0.717) is 82.7 Å². The van der Waals surface area contributed by atoms with Gasteiger partial charge in [-0.1, -0.05) is 307 Å². The first kappa shape index (κ1) is 110. The second-order valence-electron chi connectivity index (χ2n) is 43.9. The number of carboxylic acid groups (broad SMARTS) is 1. The topological polar surface area (TPSA) is 321 Å². The highest BCUT2D eigenvalue weighted by molar-refractivity contribution is 6.07. The monoisotopic (exact) mass is 2050 g/mol. The minimum Gasteiger partial charge on any atom is -0.481 e. The summed E-state index contributed by atoms with van der Waals surface area (Å²) in [5, 5.41) is 30.1. The number of ether oxygens (including phenoxy) is 8. The molecule has 804 valence electrons. The Labute approximate surface area is 887 Å². The van der Waals surface area contributed by atoms with Crippen LogP contribution in [0.15, 0.2) is 97.1 Å². The Morgan fingerprint density at radius 3 is 0.700 bits per heavy atom. The molecule has 5 aliphatic heterocycles. The first-order valence-electron chi connectivity index (χ1n) is 57.5. The number of ketones is 1. The largest absolute Gasteiger partial charge is 0.481 e. The standard InChI is InChI=1S/C125H162N8O17/c1-14-24-28-32-36-40-44-48-52-56-78-82-60-84-79(57-53-49-45-41-37-33-29-25-15-2)86-62-88-81(59-55-51-47-43-39-35-31-27-17-4)89-63-87-80(58-54-50-46-42-38-34-30-26-16-3)85-61-83(78)99-73-101(85)146-110-68-94(130-118(138)22-9)95(131-119(139)23-10)69-111(110)148-103(87)75-105(89)150-113-71-97-96(132-121-120(140)124(12)76-123(11,133(97)121)77-125(124,13)122(141)142)70-112(113)149-104(88)74-102(86)147-109-67-93(129-117(137)21-8)92(128-116(136)20-7)66-108(109)145-100(84)72-98(82)143-106-64-90(126-114(134)18-5)91(65-107(106)144-99)127-115(135)19-6/h60-75,78-81H,14-59,76-77H2,1-13H3,(H,126,134)(H,127,135)(H,128,136)(H,129,137)(H,130,138)(H,131,139)(H,141,142). The van der Waals surface area contributed by atoms with Gasteiger partial charge < -0.3 is 79.5 Å². The Morgan fingerprint density at radius 1 is 0.280 bits per heavy atom. The first-order valence-corrected chi connectivity index (χ1v) is 57.5. The summed E-state index contributed by atoms with van der Waals surface area (Å²) in [6.45, 7) is 25.1. The van der Waals surface area contributed by atoms with E-state index in [1.54, 1.807) is 91.8 Å². The highest BCUT2D eigenvalue weighted by Gasteiger charge is 2.69. The molecule has 7 aliphatic rings. The number of rotatable bonds is 53. The van der Waals surface area contributed by atoms with Crippen molar-refractivity contribution in [1.29, 1.82) is 0 Å². The molecule has 7 N–H and O–H groups in total. The Hall–Kier alpha value is -12.4. The van der Waals surface area contributed by atoms with Crippen LogP contribution in [0.2, 0.25) is 0 Å². The number of carbonyl (C=O) groups is 8. The summed E-state index contributed by atoms with van der Waals surface area (Å²) in [7, 11) is 0. The second-order valence-corrected chi connectivity index (χ2v) is 43.9. The third kappa shape index (κ3) is 24.8. The van der Waals surface area contributed by atoms with E-state index in [4.69, 9.17) is 42.9 Å². The smallest absolute Gasteiger partial charge is 0.310 e. The molecule has 10 bridgehead atoms. The van der Waals surface area contributed by atoms with Gasteiger partial charge >= 0.3 is 5.97 Å². The molecule has 8 aromatic carbocycles. The van der Waals surface area contributed by atoms with Gasteiger partial charge in [0, 0.05) is 185 Å². The lowest BCUT2D eigenvalue weighted by Crippen LogP contribution is -2.47. The van der Waals surface area contributed by atoms with Gasteiger partial charge in [-0.25, -0.2) is 4.98 Å². The average molecular weight is 2050 g/mol. The number of nitrogens with one attached hydrogen (secondary N) is 6. The number of carbonyl (C=O) groups excluding carboxylic acids is 7. The number of nitrogens with zero attached hydrogens (tertiary/aromatic N) is 2. The van der Waals surface area contributed by atoms with Crippen LogP contribution in [0.3, 0.4) is 0 Å². The van der Waals surface area contributed by atoms with Crippen LogP contribution in [-0.2, 0) is 39.1 Å². The van der Waals surface area contributed by atoms with Crippen molar-refractivity contribution in [2.24, 2.45) is 10.8 Å². The molecule has 0 saturated heterocycles. The molecule has 1 fully saturated rings. The first-order chi connectivity index (χ1) is 72.7. The number of aliphatic carboxylic acids is 1. The van der Waals surface area contributed by atoms with Gasteiger partial charge in [-0.15, -0.1) is 0 Å². The normalized spacial score (nSPS) is 18.3. The molecule has 7 atom stereocenters. The van der Waals surface area contributed by atoms with E-state index >= 15 is 4.79 Å². The zero-order valence-corrected chi connectivity index (χ0v) is 91.4. The second kappa shape index (κ2) is 50.7. The summed E-state index contributed by atoms with van der Waals surface area (Å²) in [4.78, 5) is 120. The van der Waals surface area contributed by atoms with E-state index in [9.17, 15) is 38.7 Å². The zero-order valence-electron chi connectivity index (χ0n) is 91.4. The highest BCUT2D eigenvalue weighted by atomic mass is 16.5. The van der Waals surface area contributed by atoms with Gasteiger partial charge in [0.25, 0.3) is 0 Å². The van der Waals surface area contributed by atoms with E-state index < -0.39 is 46.0 Å². The minimum absolute atomic E-state index is 0.100. The Morgan fingerprint density at radius 2 is 0.487 bits per heavy atom. The van der Waals surface area contributed by atoms with Crippen LogP contribution >= 0.6 is 0 Å². The Balaban J connectivity index is 1.08. The lowest BCUT2D eigenvalue weighted by atomic mass is 9.65. The molecule has 9 aromatic rings. The molecule has 6 heterocycles. The summed E-state index contributed by atoms with van der Waals surface area (Å²) in [5.41, 5.74) is 5.12. The fourth-order valence-electron chi connectivity index (χ4n) is 23.9. The van der Waals surface area contributed by atoms with E-state index in [1.807, 2.05) is 47.9 Å². The lowest BCUT2D eigenvalue weighted by Gasteiger charge is -2.38. The van der Waals surface area contributed by atoms with Crippen molar-refractivity contribution in [1.82, 2.24) is 9.55 Å². The van der Waals surface area contributed by atoms with Crippen molar-refractivity contribution >= 4 is 92.4 Å². The van der Waals surface area contributed by atoms with Gasteiger partial charge in [0.05, 0.1) is 56.0 Å². The maximum absolute atomic E-state index is 15.7.